The predicted octanol–water partition coefficient (Wildman–Crippen LogP) is 1.62. The van der Waals surface area contributed by atoms with Crippen molar-refractivity contribution in [2.75, 3.05) is 24.5 Å². The van der Waals surface area contributed by atoms with Crippen molar-refractivity contribution >= 4 is 11.9 Å². The number of nitrogens with zero attached hydrogens (tertiary/aromatic N) is 4. The first-order valence-corrected chi connectivity index (χ1v) is 9.77. The van der Waals surface area contributed by atoms with Gasteiger partial charge in [0.15, 0.2) is 0 Å². The molecule has 2 aromatic heterocycles. The quantitative estimate of drug-likeness (QED) is 0.837. The molecule has 3 heterocycles. The van der Waals surface area contributed by atoms with E-state index in [0.717, 1.165) is 30.3 Å². The molecule has 1 aliphatic carbocycles. The number of hydrogen-bond donors (Lipinski definition) is 2. The molecule has 7 heteroatoms. The van der Waals surface area contributed by atoms with Crippen molar-refractivity contribution in [2.45, 2.75) is 44.2 Å². The fourth-order valence-corrected chi connectivity index (χ4v) is 3.89. The highest BCUT2D eigenvalue weighted by Gasteiger charge is 2.27. The summed E-state index contributed by atoms with van der Waals surface area (Å²) in [5.74, 6) is 1.30. The van der Waals surface area contributed by atoms with Crippen LogP contribution < -0.4 is 15.5 Å². The lowest BCUT2D eigenvalue weighted by molar-refractivity contribution is -0.123. The Morgan fingerprint density at radius 3 is 2.96 bits per heavy atom. The first kappa shape index (κ1) is 17.9. The van der Waals surface area contributed by atoms with Crippen molar-refractivity contribution in [2.24, 2.45) is 0 Å². The van der Waals surface area contributed by atoms with Crippen LogP contribution in [-0.4, -0.2) is 46.5 Å². The molecular weight excluding hydrogens is 340 g/mol. The third kappa shape index (κ3) is 4.42. The van der Waals surface area contributed by atoms with Crippen LogP contribution in [0.2, 0.25) is 0 Å². The Morgan fingerprint density at radius 1 is 1.26 bits per heavy atom. The molecule has 27 heavy (non-hydrogen) atoms. The first-order chi connectivity index (χ1) is 13.3. The third-order valence-electron chi connectivity index (χ3n) is 5.40. The van der Waals surface area contributed by atoms with E-state index in [-0.39, 0.29) is 11.9 Å². The highest BCUT2D eigenvalue weighted by atomic mass is 16.2. The number of anilines is 1. The van der Waals surface area contributed by atoms with Crippen molar-refractivity contribution in [3.05, 3.63) is 48.0 Å². The number of piperazine rings is 1. The molecular formula is C20H26N6O. The van der Waals surface area contributed by atoms with Gasteiger partial charge in [-0.15, -0.1) is 0 Å². The second-order valence-corrected chi connectivity index (χ2v) is 7.29. The summed E-state index contributed by atoms with van der Waals surface area (Å²) in [4.78, 5) is 28.0. The van der Waals surface area contributed by atoms with E-state index in [9.17, 15) is 4.79 Å². The fourth-order valence-electron chi connectivity index (χ4n) is 3.89. The van der Waals surface area contributed by atoms with Crippen molar-refractivity contribution in [3.8, 4) is 0 Å². The fraction of sp³-hybridized carbons (Fsp3) is 0.500. The van der Waals surface area contributed by atoms with Crippen LogP contribution in [0, 0.1) is 0 Å². The predicted molar refractivity (Wildman–Crippen MR) is 103 cm³/mol. The average Bonchev–Trinajstić information content (AvgIpc) is 3.28. The van der Waals surface area contributed by atoms with Gasteiger partial charge in [0.05, 0.1) is 0 Å². The molecule has 7 nitrogen and oxygen atoms in total. The minimum atomic E-state index is -0.269. The lowest BCUT2D eigenvalue weighted by atomic mass is 10.0. The molecule has 0 bridgehead atoms. The van der Waals surface area contributed by atoms with E-state index in [1.165, 1.54) is 25.7 Å². The second-order valence-electron chi connectivity index (χ2n) is 7.29. The molecule has 2 aliphatic rings. The van der Waals surface area contributed by atoms with Gasteiger partial charge in [0.2, 0.25) is 11.9 Å². The largest absolute Gasteiger partial charge is 0.351 e. The summed E-state index contributed by atoms with van der Waals surface area (Å²) in [6.45, 7) is 2.61. The highest BCUT2D eigenvalue weighted by molar-refractivity contribution is 5.82. The third-order valence-corrected chi connectivity index (χ3v) is 5.40. The Bertz CT molecular complexity index is 762. The molecule has 2 N–H and O–H groups in total. The van der Waals surface area contributed by atoms with Crippen LogP contribution in [0.3, 0.4) is 0 Å². The van der Waals surface area contributed by atoms with Gasteiger partial charge < -0.3 is 15.5 Å². The van der Waals surface area contributed by atoms with Crippen molar-refractivity contribution in [3.63, 3.8) is 0 Å². The van der Waals surface area contributed by atoms with Gasteiger partial charge >= 0.3 is 0 Å². The molecule has 1 saturated carbocycles. The SMILES string of the molecule is O=C(NCc1cccnc1)[C@H]1CN(c2nccc(C3CCCC3)n2)CCN1. The summed E-state index contributed by atoms with van der Waals surface area (Å²) in [7, 11) is 0. The van der Waals surface area contributed by atoms with Gasteiger partial charge in [-0.1, -0.05) is 18.9 Å². The average molecular weight is 366 g/mol. The zero-order chi connectivity index (χ0) is 18.5. The molecule has 4 rings (SSSR count). The molecule has 1 aliphatic heterocycles. The normalized spacial score (nSPS) is 20.6. The maximum atomic E-state index is 12.6. The van der Waals surface area contributed by atoms with Crippen LogP contribution in [0.5, 0.6) is 0 Å². The van der Waals surface area contributed by atoms with Gasteiger partial charge in [0.25, 0.3) is 0 Å². The molecule has 0 spiro atoms. The monoisotopic (exact) mass is 366 g/mol. The molecule has 142 valence electrons. The number of carbonyl (C=O) groups is 1. The Labute approximate surface area is 159 Å². The molecule has 0 aromatic carbocycles. The van der Waals surface area contributed by atoms with Crippen molar-refractivity contribution in [1.82, 2.24) is 25.6 Å². The summed E-state index contributed by atoms with van der Waals surface area (Å²) in [6, 6.07) is 5.60. The summed E-state index contributed by atoms with van der Waals surface area (Å²) in [5.41, 5.74) is 2.14. The van der Waals surface area contributed by atoms with Crippen LogP contribution in [-0.2, 0) is 11.3 Å². The highest BCUT2D eigenvalue weighted by Crippen LogP contribution is 2.33. The van der Waals surface area contributed by atoms with E-state index in [2.05, 4.69) is 25.5 Å². The summed E-state index contributed by atoms with van der Waals surface area (Å²) >= 11 is 0. The number of hydrogen-bond acceptors (Lipinski definition) is 6. The van der Waals surface area contributed by atoms with Gasteiger partial charge in [-0.05, 0) is 30.5 Å². The van der Waals surface area contributed by atoms with Gasteiger partial charge in [0, 0.05) is 56.4 Å². The molecule has 1 amide bonds. The van der Waals surface area contributed by atoms with Gasteiger partial charge in [-0.25, -0.2) is 9.97 Å². The molecule has 2 aromatic rings. The van der Waals surface area contributed by atoms with E-state index in [4.69, 9.17) is 4.98 Å². The second kappa shape index (κ2) is 8.43. The Kier molecular flexibility index (Phi) is 5.58. The van der Waals surface area contributed by atoms with Crippen LogP contribution in [0.25, 0.3) is 0 Å². The summed E-state index contributed by atoms with van der Waals surface area (Å²) in [5, 5.41) is 6.29. The van der Waals surface area contributed by atoms with Gasteiger partial charge in [-0.2, -0.15) is 0 Å². The van der Waals surface area contributed by atoms with E-state index in [0.29, 0.717) is 19.0 Å². The number of aromatic nitrogens is 3. The maximum absolute atomic E-state index is 12.6. The maximum Gasteiger partial charge on any atom is 0.239 e. The van der Waals surface area contributed by atoms with Crippen molar-refractivity contribution in [1.29, 1.82) is 0 Å². The smallest absolute Gasteiger partial charge is 0.239 e. The lowest BCUT2D eigenvalue weighted by Gasteiger charge is -2.33. The number of carbonyl (C=O) groups excluding carboxylic acids is 1. The molecule has 2 fully saturated rings. The minimum Gasteiger partial charge on any atom is -0.351 e. The Morgan fingerprint density at radius 2 is 2.15 bits per heavy atom. The van der Waals surface area contributed by atoms with Crippen LogP contribution in [0.15, 0.2) is 36.8 Å². The first-order valence-electron chi connectivity index (χ1n) is 9.77. The number of nitrogens with one attached hydrogen (secondary N) is 2. The van der Waals surface area contributed by atoms with E-state index in [1.807, 2.05) is 24.4 Å². The van der Waals surface area contributed by atoms with E-state index >= 15 is 0 Å². The van der Waals surface area contributed by atoms with E-state index < -0.39 is 0 Å². The van der Waals surface area contributed by atoms with Gasteiger partial charge in [-0.3, -0.25) is 9.78 Å². The Hall–Kier alpha value is -2.54. The zero-order valence-electron chi connectivity index (χ0n) is 15.5. The molecule has 1 atom stereocenters. The summed E-state index contributed by atoms with van der Waals surface area (Å²) in [6.07, 6.45) is 10.4. The van der Waals surface area contributed by atoms with Gasteiger partial charge in [0.1, 0.15) is 6.04 Å². The number of amides is 1. The molecule has 0 radical (unpaired) electrons. The minimum absolute atomic E-state index is 0.00417. The van der Waals surface area contributed by atoms with Crippen LogP contribution in [0.4, 0.5) is 5.95 Å². The van der Waals surface area contributed by atoms with Crippen LogP contribution in [0.1, 0.15) is 42.9 Å². The van der Waals surface area contributed by atoms with Crippen LogP contribution >= 0.6 is 0 Å². The molecule has 0 unspecified atom stereocenters. The zero-order valence-corrected chi connectivity index (χ0v) is 15.5. The summed E-state index contributed by atoms with van der Waals surface area (Å²) < 4.78 is 0. The number of rotatable bonds is 5. The standard InChI is InChI=1S/C20H26N6O/c27-19(24-13-15-4-3-8-21-12-15)18-14-26(11-10-22-18)20-23-9-7-17(25-20)16-5-1-2-6-16/h3-4,7-9,12,16,18,22H,1-2,5-6,10-11,13-14H2,(H,24,27)/t18-/m1/s1. The topological polar surface area (TPSA) is 83.0 Å². The van der Waals surface area contributed by atoms with Crippen molar-refractivity contribution < 1.29 is 4.79 Å². The molecule has 1 saturated heterocycles. The Balaban J connectivity index is 1.37. The number of pyridine rings is 1. The van der Waals surface area contributed by atoms with E-state index in [1.54, 1.807) is 12.4 Å². The lowest BCUT2D eigenvalue weighted by Crippen LogP contribution is -2.57.